The van der Waals surface area contributed by atoms with Crippen molar-refractivity contribution in [1.82, 2.24) is 10.4 Å². The topological polar surface area (TPSA) is 58.6 Å². The predicted octanol–water partition coefficient (Wildman–Crippen LogP) is 0.505. The van der Waals surface area contributed by atoms with Gasteiger partial charge in [-0.2, -0.15) is 5.06 Å². The first-order valence-electron chi connectivity index (χ1n) is 4.68. The third kappa shape index (κ3) is 1.80. The fraction of sp³-hybridized carbons (Fsp3) is 0.0909. The van der Waals surface area contributed by atoms with Gasteiger partial charge in [-0.05, 0) is 11.6 Å². The maximum atomic E-state index is 11.3. The van der Waals surface area contributed by atoms with E-state index in [1.807, 2.05) is 30.3 Å². The van der Waals surface area contributed by atoms with E-state index >= 15 is 0 Å². The van der Waals surface area contributed by atoms with E-state index in [1.165, 1.54) is 7.11 Å². The summed E-state index contributed by atoms with van der Waals surface area (Å²) in [6.45, 7) is 0. The highest BCUT2D eigenvalue weighted by molar-refractivity contribution is 6.37. The Morgan fingerprint density at radius 1 is 1.25 bits per heavy atom. The second kappa shape index (κ2) is 4.16. The number of rotatable bonds is 2. The second-order valence-corrected chi connectivity index (χ2v) is 3.18. The molecular formula is C11H10N2O3. The molecule has 82 valence electrons. The zero-order valence-electron chi connectivity index (χ0n) is 8.64. The van der Waals surface area contributed by atoms with E-state index in [9.17, 15) is 9.59 Å². The lowest BCUT2D eigenvalue weighted by atomic mass is 10.2. The Morgan fingerprint density at radius 3 is 2.56 bits per heavy atom. The molecule has 0 aliphatic carbocycles. The van der Waals surface area contributed by atoms with E-state index in [0.717, 1.165) is 10.6 Å². The molecule has 2 amide bonds. The maximum Gasteiger partial charge on any atom is 0.341 e. The summed E-state index contributed by atoms with van der Waals surface area (Å²) in [5.74, 6) is -1.09. The maximum absolute atomic E-state index is 11.3. The zero-order valence-corrected chi connectivity index (χ0v) is 8.64. The fourth-order valence-electron chi connectivity index (χ4n) is 1.41. The van der Waals surface area contributed by atoms with Gasteiger partial charge in [0.15, 0.2) is 0 Å². The van der Waals surface area contributed by atoms with Crippen molar-refractivity contribution in [1.29, 1.82) is 0 Å². The minimum absolute atomic E-state index is 0.323. The summed E-state index contributed by atoms with van der Waals surface area (Å²) in [4.78, 5) is 27.2. The Hall–Kier alpha value is -2.14. The molecule has 0 aromatic heterocycles. The van der Waals surface area contributed by atoms with Crippen molar-refractivity contribution in [2.75, 3.05) is 7.11 Å². The molecule has 1 aliphatic rings. The molecule has 0 saturated carbocycles. The van der Waals surface area contributed by atoms with Gasteiger partial charge in [-0.15, -0.1) is 0 Å². The largest absolute Gasteiger partial charge is 0.341 e. The van der Waals surface area contributed by atoms with Crippen molar-refractivity contribution in [3.63, 3.8) is 0 Å². The first-order valence-corrected chi connectivity index (χ1v) is 4.68. The van der Waals surface area contributed by atoms with Gasteiger partial charge in [0.05, 0.1) is 7.11 Å². The summed E-state index contributed by atoms with van der Waals surface area (Å²) >= 11 is 0. The SMILES string of the molecule is CON1C(=O)C(=O)NC1=Cc1ccccc1. The molecule has 0 radical (unpaired) electrons. The zero-order chi connectivity index (χ0) is 11.5. The highest BCUT2D eigenvalue weighted by Crippen LogP contribution is 2.13. The molecule has 1 aromatic rings. The van der Waals surface area contributed by atoms with Crippen LogP contribution in [0.25, 0.3) is 6.08 Å². The van der Waals surface area contributed by atoms with Gasteiger partial charge in [-0.25, -0.2) is 0 Å². The van der Waals surface area contributed by atoms with E-state index in [1.54, 1.807) is 6.08 Å². The molecule has 0 atom stereocenters. The number of carbonyl (C=O) groups is 2. The minimum atomic E-state index is -0.718. The smallest absolute Gasteiger partial charge is 0.302 e. The summed E-state index contributed by atoms with van der Waals surface area (Å²) in [6.07, 6.45) is 1.66. The van der Waals surface area contributed by atoms with E-state index in [-0.39, 0.29) is 0 Å². The number of hydroxylamine groups is 2. The Kier molecular flexibility index (Phi) is 2.70. The van der Waals surface area contributed by atoms with Crippen LogP contribution < -0.4 is 5.32 Å². The number of hydrogen-bond acceptors (Lipinski definition) is 3. The van der Waals surface area contributed by atoms with Crippen molar-refractivity contribution in [2.24, 2.45) is 0 Å². The van der Waals surface area contributed by atoms with E-state index in [2.05, 4.69) is 5.32 Å². The van der Waals surface area contributed by atoms with Crippen molar-refractivity contribution >= 4 is 17.9 Å². The third-order valence-corrected chi connectivity index (χ3v) is 2.12. The Balaban J connectivity index is 2.31. The molecule has 1 saturated heterocycles. The van der Waals surface area contributed by atoms with E-state index in [0.29, 0.717) is 5.82 Å². The number of hydrogen-bond donors (Lipinski definition) is 1. The Morgan fingerprint density at radius 2 is 1.94 bits per heavy atom. The van der Waals surface area contributed by atoms with Crippen molar-refractivity contribution in [3.8, 4) is 0 Å². The van der Waals surface area contributed by atoms with E-state index < -0.39 is 11.8 Å². The Labute approximate surface area is 92.3 Å². The Bertz CT molecular complexity index is 454. The molecule has 0 bridgehead atoms. The van der Waals surface area contributed by atoms with Gasteiger partial charge in [0.25, 0.3) is 0 Å². The monoisotopic (exact) mass is 218 g/mol. The van der Waals surface area contributed by atoms with Crippen LogP contribution in [0, 0.1) is 0 Å². The van der Waals surface area contributed by atoms with Crippen LogP contribution in [-0.4, -0.2) is 24.0 Å². The molecule has 2 rings (SSSR count). The van der Waals surface area contributed by atoms with Gasteiger partial charge in [0, 0.05) is 0 Å². The van der Waals surface area contributed by atoms with Gasteiger partial charge < -0.3 is 5.32 Å². The second-order valence-electron chi connectivity index (χ2n) is 3.18. The van der Waals surface area contributed by atoms with Crippen LogP contribution in [0.2, 0.25) is 0 Å². The van der Waals surface area contributed by atoms with Crippen LogP contribution in [0.4, 0.5) is 0 Å². The molecule has 0 spiro atoms. The molecule has 1 N–H and O–H groups in total. The van der Waals surface area contributed by atoms with Crippen LogP contribution in [0.15, 0.2) is 36.2 Å². The minimum Gasteiger partial charge on any atom is -0.302 e. The molecule has 1 fully saturated rings. The molecule has 1 heterocycles. The highest BCUT2D eigenvalue weighted by Gasteiger charge is 2.34. The van der Waals surface area contributed by atoms with Crippen LogP contribution >= 0.6 is 0 Å². The normalized spacial score (nSPS) is 18.1. The molecule has 5 nitrogen and oxygen atoms in total. The molecule has 16 heavy (non-hydrogen) atoms. The summed E-state index contributed by atoms with van der Waals surface area (Å²) < 4.78 is 0. The van der Waals surface area contributed by atoms with Gasteiger partial charge in [-0.3, -0.25) is 14.4 Å². The molecule has 1 aromatic carbocycles. The first-order chi connectivity index (χ1) is 7.72. The highest BCUT2D eigenvalue weighted by atomic mass is 16.7. The summed E-state index contributed by atoms with van der Waals surface area (Å²) in [7, 11) is 1.33. The van der Waals surface area contributed by atoms with Gasteiger partial charge in [-0.1, -0.05) is 30.3 Å². The third-order valence-electron chi connectivity index (χ3n) is 2.12. The van der Waals surface area contributed by atoms with Crippen molar-refractivity contribution < 1.29 is 14.4 Å². The van der Waals surface area contributed by atoms with Gasteiger partial charge in [0.2, 0.25) is 0 Å². The number of nitrogens with zero attached hydrogens (tertiary/aromatic N) is 1. The lowest BCUT2D eigenvalue weighted by molar-refractivity contribution is -0.163. The molecule has 1 aliphatic heterocycles. The average Bonchev–Trinajstić information content (AvgIpc) is 2.56. The number of benzene rings is 1. The van der Waals surface area contributed by atoms with E-state index in [4.69, 9.17) is 4.84 Å². The average molecular weight is 218 g/mol. The summed E-state index contributed by atoms with van der Waals surface area (Å²) in [5.41, 5.74) is 0.870. The number of amides is 2. The lowest BCUT2D eigenvalue weighted by Gasteiger charge is -2.11. The van der Waals surface area contributed by atoms with Gasteiger partial charge in [0.1, 0.15) is 5.82 Å². The van der Waals surface area contributed by atoms with Crippen LogP contribution in [0.5, 0.6) is 0 Å². The number of nitrogens with one attached hydrogen (secondary N) is 1. The van der Waals surface area contributed by atoms with Crippen LogP contribution in [0.1, 0.15) is 5.56 Å². The lowest BCUT2D eigenvalue weighted by Crippen LogP contribution is -2.25. The standard InChI is InChI=1S/C11H10N2O3/c1-16-13-9(12-10(14)11(13)15)7-8-5-3-2-4-6-8/h2-7H,1H3,(H,12,14). The van der Waals surface area contributed by atoms with Crippen LogP contribution in [0.3, 0.4) is 0 Å². The molecule has 5 heteroatoms. The summed E-state index contributed by atoms with van der Waals surface area (Å²) in [6, 6.07) is 9.32. The quantitative estimate of drug-likeness (QED) is 0.735. The molecule has 0 unspecified atom stereocenters. The first kappa shape index (κ1) is 10.4. The van der Waals surface area contributed by atoms with Crippen molar-refractivity contribution in [2.45, 2.75) is 0 Å². The van der Waals surface area contributed by atoms with Gasteiger partial charge >= 0.3 is 11.8 Å². The predicted molar refractivity (Wildman–Crippen MR) is 56.4 cm³/mol. The number of carbonyl (C=O) groups excluding carboxylic acids is 2. The van der Waals surface area contributed by atoms with Crippen LogP contribution in [-0.2, 0) is 14.4 Å². The fourth-order valence-corrected chi connectivity index (χ4v) is 1.41. The summed E-state index contributed by atoms with van der Waals surface area (Å²) in [5, 5.41) is 3.35. The molecular weight excluding hydrogens is 208 g/mol. The van der Waals surface area contributed by atoms with Crippen molar-refractivity contribution in [3.05, 3.63) is 41.7 Å².